The highest BCUT2D eigenvalue weighted by Crippen LogP contribution is 2.33. The average molecular weight is 2060 g/mol. The summed E-state index contributed by atoms with van der Waals surface area (Å²) < 4.78 is 191. The van der Waals surface area contributed by atoms with E-state index in [0.717, 1.165) is 64.4 Å². The van der Waals surface area contributed by atoms with Gasteiger partial charge in [-0.15, -0.1) is 51.0 Å². The number of hydrogen-bond donors (Lipinski definition) is 14. The van der Waals surface area contributed by atoms with E-state index in [-0.39, 0.29) is 122 Å². The van der Waals surface area contributed by atoms with Crippen LogP contribution in [0.15, 0.2) is 216 Å². The molecule has 14 aromatic rings. The molecule has 0 saturated carbocycles. The molecule has 12 aromatic heterocycles. The SMILES string of the molecule is CC(C)(C)c1ccc(Cl)nn1.[2H]C([2H])([2H])NC(=O)c1cnc(Nc2ccc(C(C)(C)C)nn2)cc1Nc1ncccc1S(C)(=O)=O.[2H]C([2H])([2H])NC(=O)c1nnc(Cl)cc1Nc1ncccc1C.[2H]C([2H])([2H])NC(=O)c1nnc(N)cc1Nc1ncccc1S(C)(=O)=O.[2H]C([2H])([2H])NC(=O)c1nnc(NCc2ccc(OC)cc2)cc1Nc1ncccc1C.[2H]C([2H])([2H])NC(=O)c1nnc(NCc2ccc(OC)cc2)cc1Nc1ncccc1S(C)(=O)=O. The topological polar surface area (TPSA) is 621 Å². The minimum Gasteiger partial charge on any atom is -0.497 e. The van der Waals surface area contributed by atoms with E-state index >= 15 is 0 Å². The van der Waals surface area contributed by atoms with Crippen LogP contribution >= 0.6 is 23.2 Å². The summed E-state index contributed by atoms with van der Waals surface area (Å²) in [6.45, 7) is 3.28. The Kier molecular flexibility index (Phi) is 31.7. The van der Waals surface area contributed by atoms with Crippen molar-refractivity contribution in [2.45, 2.75) is 94.0 Å². The zero-order chi connectivity index (χ0) is 117. The quantitative estimate of drug-likeness (QED) is 0.0217. The highest BCUT2D eigenvalue weighted by Gasteiger charge is 2.26. The molecule has 12 heterocycles. The summed E-state index contributed by atoms with van der Waals surface area (Å²) in [6.07, 6.45) is 11.5. The van der Waals surface area contributed by atoms with E-state index in [0.29, 0.717) is 47.3 Å². The van der Waals surface area contributed by atoms with E-state index < -0.39 is 93.9 Å². The van der Waals surface area contributed by atoms with Crippen molar-refractivity contribution in [1.82, 2.24) is 118 Å². The van der Waals surface area contributed by atoms with Crippen LogP contribution < -0.4 is 84.3 Å². The molecule has 0 atom stereocenters. The second-order valence-electron chi connectivity index (χ2n) is 31.7. The smallest absolute Gasteiger partial charge is 0.273 e. The molecule has 45 nitrogen and oxygen atoms in total. The molecule has 50 heteroatoms. The first kappa shape index (κ1) is 89.1. The van der Waals surface area contributed by atoms with Crippen LogP contribution in [0.1, 0.15) is 148 Å². The Morgan fingerprint density at radius 3 is 1.06 bits per heavy atom. The zero-order valence-electron chi connectivity index (χ0n) is 93.4. The number of aryl methyl sites for hydroxylation is 2. The zero-order valence-corrected chi connectivity index (χ0v) is 82.3. The normalized spacial score (nSPS) is 12.9. The van der Waals surface area contributed by atoms with Crippen LogP contribution in [0.5, 0.6) is 11.5 Å². The van der Waals surface area contributed by atoms with Crippen molar-refractivity contribution < 1.29 is 79.3 Å². The number of benzene rings is 2. The van der Waals surface area contributed by atoms with Gasteiger partial charge in [0.15, 0.2) is 80.0 Å². The molecule has 0 bridgehead atoms. The minimum absolute atomic E-state index is 0.0116. The molecular formula is C93H106Cl2N32O13S3. The van der Waals surface area contributed by atoms with Crippen molar-refractivity contribution in [2.24, 2.45) is 0 Å². The van der Waals surface area contributed by atoms with Gasteiger partial charge in [0.25, 0.3) is 29.5 Å². The predicted octanol–water partition coefficient (Wildman–Crippen LogP) is 12.0. The largest absolute Gasteiger partial charge is 0.497 e. The van der Waals surface area contributed by atoms with Crippen molar-refractivity contribution in [2.75, 3.05) is 116 Å². The van der Waals surface area contributed by atoms with E-state index in [2.05, 4.69) is 154 Å². The highest BCUT2D eigenvalue weighted by atomic mass is 35.5. The summed E-state index contributed by atoms with van der Waals surface area (Å²) in [7, 11) is -7.75. The molecule has 143 heavy (non-hydrogen) atoms. The number of amides is 5. The van der Waals surface area contributed by atoms with E-state index in [4.69, 9.17) is 59.0 Å². The van der Waals surface area contributed by atoms with Crippen molar-refractivity contribution in [3.05, 3.63) is 273 Å². The summed E-state index contributed by atoms with van der Waals surface area (Å²) in [5.41, 5.74) is 10.0. The number of methoxy groups -OCH3 is 2. The fraction of sp³-hybridized carbons (Fsp3) is 0.237. The lowest BCUT2D eigenvalue weighted by molar-refractivity contribution is 0.0950. The maximum atomic E-state index is 12.6. The van der Waals surface area contributed by atoms with Gasteiger partial charge in [0.1, 0.15) is 66.9 Å². The van der Waals surface area contributed by atoms with Gasteiger partial charge in [0.05, 0.1) is 59.6 Å². The van der Waals surface area contributed by atoms with E-state index in [1.54, 1.807) is 74.4 Å². The van der Waals surface area contributed by atoms with Gasteiger partial charge in [-0.1, -0.05) is 101 Å². The van der Waals surface area contributed by atoms with Gasteiger partial charge in [-0.25, -0.2) is 55.2 Å². The van der Waals surface area contributed by atoms with Crippen LogP contribution in [-0.2, 0) is 53.4 Å². The predicted molar refractivity (Wildman–Crippen MR) is 546 cm³/mol. The third-order valence-corrected chi connectivity index (χ3v) is 22.7. The Balaban J connectivity index is 0.000000214. The van der Waals surface area contributed by atoms with Gasteiger partial charge in [-0.05, 0) is 133 Å². The number of nitrogens with one attached hydrogen (secondary N) is 13. The molecule has 0 unspecified atom stereocenters. The lowest BCUT2D eigenvalue weighted by Crippen LogP contribution is -2.22. The molecular weight excluding hydrogens is 1940 g/mol. The lowest BCUT2D eigenvalue weighted by atomic mass is 9.92. The molecule has 5 amide bonds. The molecule has 0 aliphatic rings. The Labute approximate surface area is 856 Å². The molecule has 0 fully saturated rings. The molecule has 2 aromatic carbocycles. The molecule has 0 aliphatic carbocycles. The second-order valence-corrected chi connectivity index (χ2v) is 38.5. The van der Waals surface area contributed by atoms with Crippen LogP contribution in [0.4, 0.5) is 86.6 Å². The van der Waals surface area contributed by atoms with Crippen LogP contribution in [0.3, 0.4) is 0 Å². The number of hydrogen-bond acceptors (Lipinski definition) is 40. The molecule has 15 N–H and O–H groups in total. The summed E-state index contributed by atoms with van der Waals surface area (Å²) in [6, 6.07) is 44.6. The third kappa shape index (κ3) is 32.8. The minimum atomic E-state index is -3.66. The number of sulfone groups is 3. The van der Waals surface area contributed by atoms with Crippen molar-refractivity contribution in [3.8, 4) is 11.5 Å². The van der Waals surface area contributed by atoms with Crippen molar-refractivity contribution >= 4 is 169 Å². The summed E-state index contributed by atoms with van der Waals surface area (Å²) in [5.74, 6) is -1.23. The number of carbonyl (C=O) groups is 5. The highest BCUT2D eigenvalue weighted by molar-refractivity contribution is 7.91. The Hall–Kier alpha value is -16.6. The van der Waals surface area contributed by atoms with E-state index in [9.17, 15) is 49.2 Å². The molecule has 748 valence electrons. The molecule has 14 rings (SSSR count). The van der Waals surface area contributed by atoms with Crippen LogP contribution in [0.2, 0.25) is 10.3 Å². The Bertz CT molecular complexity index is 7810. The maximum Gasteiger partial charge on any atom is 0.273 e. The first-order valence-corrected chi connectivity index (χ1v) is 48.0. The Morgan fingerprint density at radius 1 is 0.357 bits per heavy atom. The van der Waals surface area contributed by atoms with E-state index in [1.807, 2.05) is 117 Å². The Morgan fingerprint density at radius 2 is 0.692 bits per heavy atom. The molecule has 0 aliphatic heterocycles. The molecule has 0 saturated heterocycles. The molecule has 0 spiro atoms. The standard InChI is InChI=1S/C21H25N7O3S.C20H22N6O4S.C20H22N6O2.C12H12ClN5O.C12H14N6O3S.C8H11ClN2/c1-21(2,3)16-8-9-17(28-27-16)26-18-11-14(13(12-24-18)20(29)22-4)25-19-15(32(5,30)31)7-6-10-23-19;1-21-20(27)18-15(24-19-16(31(3,28)29)5-4-10-22-19)11-17(25-26-18)23-12-13-6-8-14(30-2)9-7-13;1-13-5-4-10-22-19(13)24-16-11-17(25-26-18(16)20(27)21-2)23-12-14-6-8-15(28-3)9-7-14;1-7-4-3-5-15-11(7)16-8-6-9(13)17-18-10(8)12(19)14-2;1-14-12(19)10-7(6-9(13)17-18-10)16-11-8(22(2,20)21)4-3-5-15-11;1-8(2,3)6-4-5-7(9)11-10-6/h6-12H,1-5H3,(H,22,29)(H2,23,24,25,26,28);4-11H,12H2,1-3H3,(H,21,27)(H2,22,23,24,25);4-11H,12H2,1-3H3,(H,21,27)(H2,22,23,24,25);3-6H,1-2H3,(H,14,19)(H,15,16,17);3-6H,1-2H3,(H,14,19)(H3,13,15,16,17);4-5H,1-3H3/i4D3;1D3;2*2D3;1D3;. The van der Waals surface area contributed by atoms with Crippen molar-refractivity contribution in [3.63, 3.8) is 0 Å². The van der Waals surface area contributed by atoms with Gasteiger partial charge in [-0.2, -0.15) is 10.2 Å². The number of anilines is 15. The van der Waals surface area contributed by atoms with Gasteiger partial charge in [0.2, 0.25) is 0 Å². The number of nitrogens with zero attached hydrogens (tertiary/aromatic N) is 18. The first-order chi connectivity index (χ1) is 73.6. The van der Waals surface area contributed by atoms with E-state index in [1.165, 1.54) is 79.3 Å². The van der Waals surface area contributed by atoms with Gasteiger partial charge in [-0.3, -0.25) is 24.0 Å². The number of pyridine rings is 6. The first-order valence-electron chi connectivity index (χ1n) is 49.1. The maximum absolute atomic E-state index is 12.6. The fourth-order valence-electron chi connectivity index (χ4n) is 11.6. The third-order valence-electron chi connectivity index (χ3n) is 18.9. The summed E-state index contributed by atoms with van der Waals surface area (Å²) in [5, 5.41) is 79.2. The number of carbonyl (C=O) groups excluding carboxylic acids is 5. The number of rotatable bonds is 28. The number of halogens is 2. The van der Waals surface area contributed by atoms with Crippen molar-refractivity contribution in [1.29, 1.82) is 0 Å². The fourth-order valence-corrected chi connectivity index (χ4v) is 14.2. The average Bonchev–Trinajstić information content (AvgIpc) is 0.809. The molecule has 0 radical (unpaired) electrons. The number of nitrogen functional groups attached to an aromatic ring is 1. The second kappa shape index (κ2) is 50.8. The monoisotopic (exact) mass is 2060 g/mol. The van der Waals surface area contributed by atoms with Gasteiger partial charge >= 0.3 is 0 Å². The van der Waals surface area contributed by atoms with Crippen LogP contribution in [0, 0.1) is 13.8 Å². The van der Waals surface area contributed by atoms with Crippen LogP contribution in [-0.4, -0.2) is 214 Å². The number of nitrogens with two attached hydrogens (primary N) is 1. The number of aromatic nitrogens is 18. The van der Waals surface area contributed by atoms with Gasteiger partial charge < -0.3 is 84.3 Å². The summed E-state index contributed by atoms with van der Waals surface area (Å²) >= 11 is 11.4. The van der Waals surface area contributed by atoms with Crippen LogP contribution in [0.25, 0.3) is 0 Å². The number of ether oxygens (including phenoxy) is 2. The lowest BCUT2D eigenvalue weighted by Gasteiger charge is -2.17. The summed E-state index contributed by atoms with van der Waals surface area (Å²) in [4.78, 5) is 85.9. The van der Waals surface area contributed by atoms with Gasteiger partial charge in [0, 0.05) is 166 Å².